The third-order valence-corrected chi connectivity index (χ3v) is 4.99. The van der Waals surface area contributed by atoms with E-state index in [2.05, 4.69) is 10.3 Å². The molecule has 3 aromatic rings. The number of hydrogen-bond acceptors (Lipinski definition) is 8. The molecule has 150 valence electrons. The maximum absolute atomic E-state index is 12.2. The standard InChI is InChI=1S/C19H15ClN2O6S/c1-10-7-13(23)14(8-27-10)28-9-15(24)21-19-22-16(18(25)26-2)17(29-19)11-5-3-4-6-12(11)20/h3-8H,9H2,1-2H3,(H,21,22,24). The molecule has 0 bridgehead atoms. The molecule has 0 saturated carbocycles. The molecule has 8 nitrogen and oxygen atoms in total. The SMILES string of the molecule is COC(=O)c1nc(NC(=O)COc2coc(C)cc2=O)sc1-c1ccccc1Cl. The van der Waals surface area contributed by atoms with Crippen LogP contribution in [0, 0.1) is 6.92 Å². The van der Waals surface area contributed by atoms with Gasteiger partial charge in [0.15, 0.2) is 17.4 Å². The molecule has 0 atom stereocenters. The minimum absolute atomic E-state index is 0.0287. The second kappa shape index (κ2) is 8.89. The number of methoxy groups -OCH3 is 1. The maximum Gasteiger partial charge on any atom is 0.358 e. The molecule has 0 radical (unpaired) electrons. The van der Waals surface area contributed by atoms with Crippen LogP contribution in [-0.4, -0.2) is 30.6 Å². The smallest absolute Gasteiger partial charge is 0.358 e. The number of benzene rings is 1. The van der Waals surface area contributed by atoms with Crippen molar-refractivity contribution in [2.45, 2.75) is 6.92 Å². The van der Waals surface area contributed by atoms with E-state index < -0.39 is 23.9 Å². The predicted octanol–water partition coefficient (Wildman–Crippen LogP) is 3.53. The molecule has 0 saturated heterocycles. The zero-order valence-electron chi connectivity index (χ0n) is 15.4. The summed E-state index contributed by atoms with van der Waals surface area (Å²) in [6.07, 6.45) is 1.14. The van der Waals surface area contributed by atoms with Crippen LogP contribution >= 0.6 is 22.9 Å². The second-order valence-corrected chi connectivity index (χ2v) is 7.13. The van der Waals surface area contributed by atoms with E-state index >= 15 is 0 Å². The van der Waals surface area contributed by atoms with Crippen LogP contribution in [0.4, 0.5) is 5.13 Å². The molecule has 0 spiro atoms. The Balaban J connectivity index is 1.78. The first-order valence-corrected chi connectivity index (χ1v) is 9.44. The van der Waals surface area contributed by atoms with Crippen molar-refractivity contribution in [2.75, 3.05) is 19.0 Å². The van der Waals surface area contributed by atoms with E-state index in [-0.39, 0.29) is 16.6 Å². The Bertz CT molecular complexity index is 1120. The molecule has 0 aliphatic carbocycles. The molecule has 0 aliphatic rings. The summed E-state index contributed by atoms with van der Waals surface area (Å²) in [5.74, 6) is -0.889. The van der Waals surface area contributed by atoms with E-state index in [0.29, 0.717) is 21.2 Å². The molecule has 0 aliphatic heterocycles. The fourth-order valence-corrected chi connectivity index (χ4v) is 3.63. The normalized spacial score (nSPS) is 10.4. The average molecular weight is 435 g/mol. The molecule has 1 aromatic carbocycles. The number of nitrogens with zero attached hydrogens (tertiary/aromatic N) is 1. The van der Waals surface area contributed by atoms with Crippen LogP contribution in [0.3, 0.4) is 0 Å². The quantitative estimate of drug-likeness (QED) is 0.591. The number of carbonyl (C=O) groups is 2. The fourth-order valence-electron chi connectivity index (χ4n) is 2.33. The van der Waals surface area contributed by atoms with E-state index in [0.717, 1.165) is 17.6 Å². The molecule has 1 amide bonds. The van der Waals surface area contributed by atoms with Gasteiger partial charge in [-0.2, -0.15) is 0 Å². The van der Waals surface area contributed by atoms with Crippen molar-refractivity contribution >= 4 is 39.9 Å². The number of rotatable bonds is 6. The first kappa shape index (κ1) is 20.6. The Morgan fingerprint density at radius 3 is 2.76 bits per heavy atom. The van der Waals surface area contributed by atoms with Gasteiger partial charge in [0.2, 0.25) is 11.2 Å². The number of anilines is 1. The maximum atomic E-state index is 12.2. The highest BCUT2D eigenvalue weighted by Gasteiger charge is 2.22. The summed E-state index contributed by atoms with van der Waals surface area (Å²) in [7, 11) is 1.23. The number of aromatic nitrogens is 1. The summed E-state index contributed by atoms with van der Waals surface area (Å²) < 4.78 is 15.0. The number of amides is 1. The van der Waals surface area contributed by atoms with Crippen LogP contribution in [0.1, 0.15) is 16.2 Å². The van der Waals surface area contributed by atoms with Crippen LogP contribution in [-0.2, 0) is 9.53 Å². The third kappa shape index (κ3) is 4.82. The van der Waals surface area contributed by atoms with E-state index in [9.17, 15) is 14.4 Å². The number of ether oxygens (including phenoxy) is 2. The minimum Gasteiger partial charge on any atom is -0.477 e. The number of thiazole rings is 1. The van der Waals surface area contributed by atoms with Gasteiger partial charge in [0, 0.05) is 16.7 Å². The Hall–Kier alpha value is -3.17. The summed E-state index contributed by atoms with van der Waals surface area (Å²) in [6.45, 7) is 1.18. The summed E-state index contributed by atoms with van der Waals surface area (Å²) in [4.78, 5) is 40.6. The Morgan fingerprint density at radius 2 is 2.07 bits per heavy atom. The van der Waals surface area contributed by atoms with Crippen molar-refractivity contribution in [3.63, 3.8) is 0 Å². The molecule has 0 fully saturated rings. The second-order valence-electron chi connectivity index (χ2n) is 5.72. The van der Waals surface area contributed by atoms with Gasteiger partial charge in [0.05, 0.1) is 12.0 Å². The Morgan fingerprint density at radius 1 is 1.31 bits per heavy atom. The Labute approximate surface area is 174 Å². The van der Waals surface area contributed by atoms with Gasteiger partial charge < -0.3 is 13.9 Å². The van der Waals surface area contributed by atoms with Crippen LogP contribution < -0.4 is 15.5 Å². The predicted molar refractivity (Wildman–Crippen MR) is 108 cm³/mol. The van der Waals surface area contributed by atoms with Gasteiger partial charge in [0.25, 0.3) is 5.91 Å². The molecule has 29 heavy (non-hydrogen) atoms. The van der Waals surface area contributed by atoms with Gasteiger partial charge in [-0.15, -0.1) is 0 Å². The van der Waals surface area contributed by atoms with E-state index in [1.54, 1.807) is 31.2 Å². The van der Waals surface area contributed by atoms with E-state index in [1.807, 2.05) is 0 Å². The first-order chi connectivity index (χ1) is 13.9. The van der Waals surface area contributed by atoms with Crippen molar-refractivity contribution in [3.05, 3.63) is 63.3 Å². The zero-order valence-corrected chi connectivity index (χ0v) is 16.9. The lowest BCUT2D eigenvalue weighted by Gasteiger charge is -2.04. The van der Waals surface area contributed by atoms with Crippen LogP contribution in [0.15, 0.2) is 45.8 Å². The molecule has 10 heteroatoms. The van der Waals surface area contributed by atoms with Crippen molar-refractivity contribution in [1.82, 2.24) is 4.98 Å². The van der Waals surface area contributed by atoms with Gasteiger partial charge in [0.1, 0.15) is 12.0 Å². The highest BCUT2D eigenvalue weighted by molar-refractivity contribution is 7.19. The topological polar surface area (TPSA) is 108 Å². The van der Waals surface area contributed by atoms with E-state index in [4.69, 9.17) is 25.5 Å². The Kier molecular flexibility index (Phi) is 6.30. The summed E-state index contributed by atoms with van der Waals surface area (Å²) in [6, 6.07) is 8.19. The molecule has 2 aromatic heterocycles. The molecule has 2 heterocycles. The van der Waals surface area contributed by atoms with Gasteiger partial charge in [-0.1, -0.05) is 41.1 Å². The largest absolute Gasteiger partial charge is 0.477 e. The lowest BCUT2D eigenvalue weighted by Crippen LogP contribution is -2.22. The third-order valence-electron chi connectivity index (χ3n) is 3.66. The number of aryl methyl sites for hydroxylation is 1. The van der Waals surface area contributed by atoms with Crippen molar-refractivity contribution in [3.8, 4) is 16.2 Å². The molecular weight excluding hydrogens is 420 g/mol. The lowest BCUT2D eigenvalue weighted by atomic mass is 10.1. The molecular formula is C19H15ClN2O6S. The fraction of sp³-hybridized carbons (Fsp3) is 0.158. The highest BCUT2D eigenvalue weighted by atomic mass is 35.5. The lowest BCUT2D eigenvalue weighted by molar-refractivity contribution is -0.118. The molecule has 3 rings (SSSR count). The minimum atomic E-state index is -0.662. The van der Waals surface area contributed by atoms with Crippen LogP contribution in [0.5, 0.6) is 5.75 Å². The summed E-state index contributed by atoms with van der Waals surface area (Å²) in [5.41, 5.74) is 0.215. The molecule has 0 unspecified atom stereocenters. The highest BCUT2D eigenvalue weighted by Crippen LogP contribution is 2.37. The number of halogens is 1. The monoisotopic (exact) mass is 434 g/mol. The van der Waals surface area contributed by atoms with Gasteiger partial charge >= 0.3 is 5.97 Å². The molecule has 1 N–H and O–H groups in total. The summed E-state index contributed by atoms with van der Waals surface area (Å²) in [5, 5.41) is 3.11. The number of carbonyl (C=O) groups excluding carboxylic acids is 2. The van der Waals surface area contributed by atoms with Crippen molar-refractivity contribution in [1.29, 1.82) is 0 Å². The first-order valence-electron chi connectivity index (χ1n) is 8.25. The number of nitrogens with one attached hydrogen (secondary N) is 1. The van der Waals surface area contributed by atoms with Crippen molar-refractivity contribution < 1.29 is 23.5 Å². The van der Waals surface area contributed by atoms with Gasteiger partial charge in [-0.05, 0) is 13.0 Å². The van der Waals surface area contributed by atoms with Gasteiger partial charge in [-0.3, -0.25) is 14.9 Å². The number of hydrogen-bond donors (Lipinski definition) is 1. The summed E-state index contributed by atoms with van der Waals surface area (Å²) >= 11 is 7.28. The van der Waals surface area contributed by atoms with Gasteiger partial charge in [-0.25, -0.2) is 9.78 Å². The van der Waals surface area contributed by atoms with E-state index in [1.165, 1.54) is 13.2 Å². The zero-order chi connectivity index (χ0) is 21.0. The van der Waals surface area contributed by atoms with Crippen molar-refractivity contribution in [2.24, 2.45) is 0 Å². The number of esters is 1. The average Bonchev–Trinajstić information content (AvgIpc) is 3.10. The van der Waals surface area contributed by atoms with Crippen LogP contribution in [0.25, 0.3) is 10.4 Å². The van der Waals surface area contributed by atoms with Crippen LogP contribution in [0.2, 0.25) is 5.02 Å².